The van der Waals surface area contributed by atoms with Crippen molar-refractivity contribution < 1.29 is 52.7 Å². The Hall–Kier alpha value is -10.1. The van der Waals surface area contributed by atoms with E-state index in [-0.39, 0.29) is 22.3 Å². The molecule has 0 aliphatic carbocycles. The molecule has 0 amide bonds. The fourth-order valence-corrected chi connectivity index (χ4v) is 11.6. The quantitative estimate of drug-likeness (QED) is 0.141. The number of rotatable bonds is 7. The first kappa shape index (κ1) is 50.2. The van der Waals surface area contributed by atoms with Gasteiger partial charge >= 0.3 is 0 Å². The molecule has 14 aromatic rings. The third kappa shape index (κ3) is 8.15. The number of halogens is 12. The number of fused-ring (bicyclic) bond motifs is 8. The van der Waals surface area contributed by atoms with E-state index in [0.717, 1.165) is 32.7 Å². The van der Waals surface area contributed by atoms with Crippen LogP contribution in [0.15, 0.2) is 194 Å². The summed E-state index contributed by atoms with van der Waals surface area (Å²) in [6.45, 7) is 0. The van der Waals surface area contributed by atoms with Crippen LogP contribution < -0.4 is 0 Å². The number of aromatic nitrogens is 2. The molecule has 0 aliphatic rings. The molecule has 14 heteroatoms. The van der Waals surface area contributed by atoms with Gasteiger partial charge in [-0.05, 0) is 140 Å². The number of benzene rings is 12. The van der Waals surface area contributed by atoms with E-state index in [4.69, 9.17) is 0 Å². The smallest absolute Gasteiger partial charge is 0.136 e. The monoisotopic (exact) mass is 1100 g/mol. The third-order valence-corrected chi connectivity index (χ3v) is 15.2. The zero-order valence-electron chi connectivity index (χ0n) is 41.9. The van der Waals surface area contributed by atoms with Crippen molar-refractivity contribution >= 4 is 65.2 Å². The van der Waals surface area contributed by atoms with Gasteiger partial charge in [0.25, 0.3) is 0 Å². The van der Waals surface area contributed by atoms with E-state index in [1.54, 1.807) is 24.3 Å². The van der Waals surface area contributed by atoms with Crippen molar-refractivity contribution in [3.05, 3.63) is 264 Å². The molecule has 82 heavy (non-hydrogen) atoms. The predicted octanol–water partition coefficient (Wildman–Crippen LogP) is 20.2. The normalized spacial score (nSPS) is 11.9. The Morgan fingerprint density at radius 3 is 0.683 bits per heavy atom. The van der Waals surface area contributed by atoms with Crippen LogP contribution in [0.4, 0.5) is 52.7 Å². The summed E-state index contributed by atoms with van der Waals surface area (Å²) in [5, 5.41) is 5.11. The molecule has 0 fully saturated rings. The van der Waals surface area contributed by atoms with Gasteiger partial charge in [0.05, 0.1) is 44.3 Å². The molecule has 14 rings (SSSR count). The van der Waals surface area contributed by atoms with Crippen LogP contribution in [0.2, 0.25) is 0 Å². The standard InChI is InChI=1S/C68H32F12N2/c69-43-25-53(73)65(54(74)26-43)37-7-13-61-49(21-37)50-22-38(66-55(75)27-44(70)28-56(66)76)8-14-62(50)81(61)47-11-5-33-1-3-35(17-41(33)19-47)36-4-2-34-6-12-48(20-42(34)18-36)82-63-15-9-39(67-57(77)29-45(71)30-58(67)78)23-51(63)52-24-40(10-16-64(52)82)68-59(79)31-46(72)32-60(68)80/h1-32H. The van der Waals surface area contributed by atoms with Crippen LogP contribution in [0.1, 0.15) is 0 Å². The summed E-state index contributed by atoms with van der Waals surface area (Å²) in [7, 11) is 0. The lowest BCUT2D eigenvalue weighted by Crippen LogP contribution is -1.96. The molecule has 2 aromatic heterocycles. The second kappa shape index (κ2) is 18.8. The fourth-order valence-electron chi connectivity index (χ4n) is 11.6. The summed E-state index contributed by atoms with van der Waals surface area (Å²) in [6.07, 6.45) is 0. The van der Waals surface area contributed by atoms with Gasteiger partial charge in [-0.1, -0.05) is 60.7 Å². The second-order valence-electron chi connectivity index (χ2n) is 20.1. The van der Waals surface area contributed by atoms with Crippen LogP contribution in [0.3, 0.4) is 0 Å². The summed E-state index contributed by atoms with van der Waals surface area (Å²) in [4.78, 5) is 0. The van der Waals surface area contributed by atoms with Gasteiger partial charge in [-0.15, -0.1) is 0 Å². The average molecular weight is 1100 g/mol. The topological polar surface area (TPSA) is 9.86 Å². The minimum absolute atomic E-state index is 0.0762. The molecule has 0 atom stereocenters. The highest BCUT2D eigenvalue weighted by molar-refractivity contribution is 6.13. The Balaban J connectivity index is 0.890. The molecular formula is C68H32F12N2. The zero-order chi connectivity index (χ0) is 56.6. The molecule has 0 saturated carbocycles. The van der Waals surface area contributed by atoms with Crippen molar-refractivity contribution in [2.45, 2.75) is 0 Å². The van der Waals surface area contributed by atoms with Gasteiger partial charge in [-0.2, -0.15) is 0 Å². The maximum absolute atomic E-state index is 15.3. The summed E-state index contributed by atoms with van der Waals surface area (Å²) >= 11 is 0. The first-order chi connectivity index (χ1) is 39.5. The summed E-state index contributed by atoms with van der Waals surface area (Å²) in [5.74, 6) is -13.4. The third-order valence-electron chi connectivity index (χ3n) is 15.2. The van der Waals surface area contributed by atoms with Gasteiger partial charge < -0.3 is 9.13 Å². The van der Waals surface area contributed by atoms with Crippen molar-refractivity contribution in [1.82, 2.24) is 9.13 Å². The molecule has 0 radical (unpaired) electrons. The fraction of sp³-hybridized carbons (Fsp3) is 0. The van der Waals surface area contributed by atoms with E-state index in [0.29, 0.717) is 104 Å². The largest absolute Gasteiger partial charge is 0.309 e. The average Bonchev–Trinajstić information content (AvgIpc) is 3.19. The molecule has 0 spiro atoms. The molecule has 12 aromatic carbocycles. The van der Waals surface area contributed by atoms with E-state index in [9.17, 15) is 17.6 Å². The Bertz CT molecular complexity index is 4460. The second-order valence-corrected chi connectivity index (χ2v) is 20.1. The lowest BCUT2D eigenvalue weighted by Gasteiger charge is -2.13. The Morgan fingerprint density at radius 2 is 0.427 bits per heavy atom. The van der Waals surface area contributed by atoms with Crippen molar-refractivity contribution in [2.24, 2.45) is 0 Å². The first-order valence-electron chi connectivity index (χ1n) is 25.4. The van der Waals surface area contributed by atoms with Crippen LogP contribution >= 0.6 is 0 Å². The zero-order valence-corrected chi connectivity index (χ0v) is 41.9. The van der Waals surface area contributed by atoms with Crippen molar-refractivity contribution in [1.29, 1.82) is 0 Å². The van der Waals surface area contributed by atoms with Crippen LogP contribution in [0, 0.1) is 69.8 Å². The molecule has 2 nitrogen and oxygen atoms in total. The first-order valence-corrected chi connectivity index (χ1v) is 25.4. The van der Waals surface area contributed by atoms with Crippen molar-refractivity contribution in [2.75, 3.05) is 0 Å². The Labute approximate surface area is 456 Å². The van der Waals surface area contributed by atoms with E-state index >= 15 is 35.1 Å². The highest BCUT2D eigenvalue weighted by Crippen LogP contribution is 2.43. The lowest BCUT2D eigenvalue weighted by molar-refractivity contribution is 0.547. The predicted molar refractivity (Wildman–Crippen MR) is 297 cm³/mol. The SMILES string of the molecule is Fc1cc(F)c(-c2ccc3c(c2)c2cc(-c4c(F)cc(F)cc4F)ccc2n3-c2ccc3ccc(-c4ccc5ccc(-n6c7ccc(-c8c(F)cc(F)cc8F)cc7c7cc(-c8c(F)cc(F)cc8F)ccc76)cc5c4)cc3c2)c(F)c1. The molecule has 0 unspecified atom stereocenters. The van der Waals surface area contributed by atoms with Gasteiger partial charge in [-0.25, -0.2) is 52.7 Å². The number of hydrogen-bond donors (Lipinski definition) is 0. The van der Waals surface area contributed by atoms with Crippen molar-refractivity contribution in [3.8, 4) is 67.0 Å². The van der Waals surface area contributed by atoms with Crippen LogP contribution in [-0.2, 0) is 0 Å². The highest BCUT2D eigenvalue weighted by atomic mass is 19.2. The molecule has 0 bridgehead atoms. The molecule has 0 saturated heterocycles. The molecule has 398 valence electrons. The Kier molecular flexibility index (Phi) is 11.5. The summed E-state index contributed by atoms with van der Waals surface area (Å²) in [5.41, 5.74) is 3.57. The highest BCUT2D eigenvalue weighted by Gasteiger charge is 2.24. The van der Waals surface area contributed by atoms with E-state index < -0.39 is 92.1 Å². The molecular weight excluding hydrogens is 1070 g/mol. The van der Waals surface area contributed by atoms with E-state index in [1.165, 1.54) is 48.5 Å². The minimum Gasteiger partial charge on any atom is -0.309 e. The number of hydrogen-bond acceptors (Lipinski definition) is 0. The molecule has 2 heterocycles. The minimum atomic E-state index is -1.13. The molecule has 0 N–H and O–H groups in total. The van der Waals surface area contributed by atoms with Crippen LogP contribution in [0.5, 0.6) is 0 Å². The Morgan fingerprint density at radius 1 is 0.195 bits per heavy atom. The van der Waals surface area contributed by atoms with E-state index in [2.05, 4.69) is 0 Å². The molecule has 0 aliphatic heterocycles. The van der Waals surface area contributed by atoms with Gasteiger partial charge in [0.2, 0.25) is 0 Å². The van der Waals surface area contributed by atoms with Gasteiger partial charge in [0, 0.05) is 81.5 Å². The number of nitrogens with zero attached hydrogens (tertiary/aromatic N) is 2. The van der Waals surface area contributed by atoms with Crippen molar-refractivity contribution in [3.63, 3.8) is 0 Å². The summed E-state index contributed by atoms with van der Waals surface area (Å²) in [6, 6.07) is 46.7. The van der Waals surface area contributed by atoms with Crippen LogP contribution in [0.25, 0.3) is 132 Å². The van der Waals surface area contributed by atoms with Gasteiger partial charge in [0.1, 0.15) is 69.8 Å². The van der Waals surface area contributed by atoms with Gasteiger partial charge in [0.15, 0.2) is 0 Å². The van der Waals surface area contributed by atoms with Crippen LogP contribution in [-0.4, -0.2) is 9.13 Å². The van der Waals surface area contributed by atoms with E-state index in [1.807, 2.05) is 81.9 Å². The lowest BCUT2D eigenvalue weighted by atomic mass is 9.98. The maximum atomic E-state index is 15.3. The van der Waals surface area contributed by atoms with Gasteiger partial charge in [-0.3, -0.25) is 0 Å². The maximum Gasteiger partial charge on any atom is 0.136 e. The summed E-state index contributed by atoms with van der Waals surface area (Å²) < 4.78 is 182.